The molecule has 0 saturated carbocycles. The molecule has 0 radical (unpaired) electrons. The number of aryl methyl sites for hydroxylation is 3. The summed E-state index contributed by atoms with van der Waals surface area (Å²) in [6.07, 6.45) is 2.84. The van der Waals surface area contributed by atoms with E-state index >= 15 is 0 Å². The summed E-state index contributed by atoms with van der Waals surface area (Å²) in [5, 5.41) is 11.4. The van der Waals surface area contributed by atoms with Gasteiger partial charge in [0.15, 0.2) is 0 Å². The molecular weight excluding hydrogens is 238 g/mol. The SMILES string of the molecule is CCCNCc1nnc(CCc2cccc(C)c2)o1. The Balaban J connectivity index is 1.83. The van der Waals surface area contributed by atoms with E-state index in [4.69, 9.17) is 4.42 Å². The van der Waals surface area contributed by atoms with Gasteiger partial charge in [-0.2, -0.15) is 0 Å². The molecule has 0 unspecified atom stereocenters. The van der Waals surface area contributed by atoms with Crippen molar-refractivity contribution < 1.29 is 4.42 Å². The molecule has 4 heteroatoms. The summed E-state index contributed by atoms with van der Waals surface area (Å²) < 4.78 is 5.60. The summed E-state index contributed by atoms with van der Waals surface area (Å²) in [5.74, 6) is 1.39. The number of rotatable bonds is 7. The van der Waals surface area contributed by atoms with E-state index in [9.17, 15) is 0 Å². The van der Waals surface area contributed by atoms with E-state index in [1.54, 1.807) is 0 Å². The van der Waals surface area contributed by atoms with E-state index in [1.807, 2.05) is 0 Å². The van der Waals surface area contributed by atoms with Crippen LogP contribution < -0.4 is 5.32 Å². The van der Waals surface area contributed by atoms with Crippen LogP contribution in [0.1, 0.15) is 36.3 Å². The first-order valence-corrected chi connectivity index (χ1v) is 6.85. The molecule has 1 N–H and O–H groups in total. The lowest BCUT2D eigenvalue weighted by Gasteiger charge is -2.00. The molecule has 0 aliphatic rings. The molecule has 4 nitrogen and oxygen atoms in total. The summed E-state index contributed by atoms with van der Waals surface area (Å²) in [7, 11) is 0. The fourth-order valence-corrected chi connectivity index (χ4v) is 1.95. The molecule has 0 amide bonds. The van der Waals surface area contributed by atoms with Crippen molar-refractivity contribution in [2.45, 2.75) is 39.7 Å². The van der Waals surface area contributed by atoms with E-state index in [0.29, 0.717) is 12.4 Å². The van der Waals surface area contributed by atoms with Gasteiger partial charge in [-0.05, 0) is 31.9 Å². The standard InChI is InChI=1S/C15H21N3O/c1-3-9-16-11-15-18-17-14(19-15)8-7-13-6-4-5-12(2)10-13/h4-6,10,16H,3,7-9,11H2,1-2H3. The molecule has 1 aromatic carbocycles. The average Bonchev–Trinajstić information content (AvgIpc) is 2.85. The first-order chi connectivity index (χ1) is 9.28. The van der Waals surface area contributed by atoms with Gasteiger partial charge >= 0.3 is 0 Å². The van der Waals surface area contributed by atoms with Crippen LogP contribution in [0.3, 0.4) is 0 Å². The van der Waals surface area contributed by atoms with Crippen molar-refractivity contribution in [1.82, 2.24) is 15.5 Å². The second-order valence-corrected chi connectivity index (χ2v) is 4.76. The molecule has 0 bridgehead atoms. The van der Waals surface area contributed by atoms with Gasteiger partial charge in [-0.25, -0.2) is 0 Å². The van der Waals surface area contributed by atoms with Crippen LogP contribution in [0.5, 0.6) is 0 Å². The highest BCUT2D eigenvalue weighted by Crippen LogP contribution is 2.08. The fraction of sp³-hybridized carbons (Fsp3) is 0.467. The number of aromatic nitrogens is 2. The Hall–Kier alpha value is -1.68. The monoisotopic (exact) mass is 259 g/mol. The Morgan fingerprint density at radius 2 is 2.00 bits per heavy atom. The molecule has 102 valence electrons. The van der Waals surface area contributed by atoms with E-state index in [0.717, 1.165) is 31.7 Å². The summed E-state index contributed by atoms with van der Waals surface area (Å²) >= 11 is 0. The Morgan fingerprint density at radius 1 is 1.16 bits per heavy atom. The normalized spacial score (nSPS) is 10.8. The molecule has 0 aliphatic carbocycles. The van der Waals surface area contributed by atoms with E-state index in [2.05, 4.69) is 53.6 Å². The van der Waals surface area contributed by atoms with Gasteiger partial charge in [0.1, 0.15) is 0 Å². The van der Waals surface area contributed by atoms with Crippen LogP contribution in [0, 0.1) is 6.92 Å². The highest BCUT2D eigenvalue weighted by molar-refractivity contribution is 5.22. The molecule has 2 aromatic rings. The Morgan fingerprint density at radius 3 is 2.79 bits per heavy atom. The second-order valence-electron chi connectivity index (χ2n) is 4.76. The number of benzene rings is 1. The molecule has 2 rings (SSSR count). The first kappa shape index (κ1) is 13.7. The molecule has 0 saturated heterocycles. The maximum Gasteiger partial charge on any atom is 0.230 e. The van der Waals surface area contributed by atoms with Crippen LogP contribution in [0.15, 0.2) is 28.7 Å². The lowest BCUT2D eigenvalue weighted by atomic mass is 10.1. The van der Waals surface area contributed by atoms with Gasteiger partial charge in [0.25, 0.3) is 0 Å². The van der Waals surface area contributed by atoms with Crippen molar-refractivity contribution in [3.63, 3.8) is 0 Å². The van der Waals surface area contributed by atoms with Crippen LogP contribution >= 0.6 is 0 Å². The Bertz CT molecular complexity index is 508. The molecule has 1 aromatic heterocycles. The van der Waals surface area contributed by atoms with E-state index < -0.39 is 0 Å². The number of nitrogens with one attached hydrogen (secondary N) is 1. The molecule has 1 heterocycles. The zero-order chi connectivity index (χ0) is 13.5. The predicted molar refractivity (Wildman–Crippen MR) is 74.9 cm³/mol. The lowest BCUT2D eigenvalue weighted by Crippen LogP contribution is -2.13. The van der Waals surface area contributed by atoms with Crippen LogP contribution in [0.4, 0.5) is 0 Å². The quantitative estimate of drug-likeness (QED) is 0.777. The predicted octanol–water partition coefficient (Wildman–Crippen LogP) is 2.66. The Kier molecular flexibility index (Phi) is 5.10. The second kappa shape index (κ2) is 7.04. The number of nitrogens with zero attached hydrogens (tertiary/aromatic N) is 2. The third-order valence-electron chi connectivity index (χ3n) is 2.92. The van der Waals surface area contributed by atoms with Crippen LogP contribution in [-0.4, -0.2) is 16.7 Å². The largest absolute Gasteiger partial charge is 0.424 e. The smallest absolute Gasteiger partial charge is 0.230 e. The van der Waals surface area contributed by atoms with E-state index in [1.165, 1.54) is 11.1 Å². The molecular formula is C15H21N3O. The van der Waals surface area contributed by atoms with Gasteiger partial charge in [-0.3, -0.25) is 0 Å². The van der Waals surface area contributed by atoms with Gasteiger partial charge in [0, 0.05) is 6.42 Å². The summed E-state index contributed by atoms with van der Waals surface area (Å²) in [6, 6.07) is 8.51. The van der Waals surface area contributed by atoms with Gasteiger partial charge in [-0.1, -0.05) is 36.8 Å². The zero-order valence-corrected chi connectivity index (χ0v) is 11.6. The maximum absolute atomic E-state index is 5.60. The minimum Gasteiger partial charge on any atom is -0.424 e. The van der Waals surface area contributed by atoms with Crippen molar-refractivity contribution >= 4 is 0 Å². The lowest BCUT2D eigenvalue weighted by molar-refractivity contribution is 0.432. The molecule has 0 fully saturated rings. The first-order valence-electron chi connectivity index (χ1n) is 6.85. The summed E-state index contributed by atoms with van der Waals surface area (Å²) in [6.45, 7) is 5.87. The summed E-state index contributed by atoms with van der Waals surface area (Å²) in [5.41, 5.74) is 2.59. The van der Waals surface area contributed by atoms with Gasteiger partial charge in [0.2, 0.25) is 11.8 Å². The number of hydrogen-bond donors (Lipinski definition) is 1. The van der Waals surface area contributed by atoms with Crippen molar-refractivity contribution in [2.24, 2.45) is 0 Å². The third-order valence-corrected chi connectivity index (χ3v) is 2.92. The van der Waals surface area contributed by atoms with Crippen molar-refractivity contribution in [2.75, 3.05) is 6.54 Å². The van der Waals surface area contributed by atoms with E-state index in [-0.39, 0.29) is 0 Å². The Labute approximate surface area is 114 Å². The summed E-state index contributed by atoms with van der Waals surface area (Å²) in [4.78, 5) is 0. The van der Waals surface area contributed by atoms with Gasteiger partial charge in [0.05, 0.1) is 6.54 Å². The van der Waals surface area contributed by atoms with Crippen LogP contribution in [0.2, 0.25) is 0 Å². The highest BCUT2D eigenvalue weighted by atomic mass is 16.4. The molecule has 0 aliphatic heterocycles. The van der Waals surface area contributed by atoms with Crippen molar-refractivity contribution in [3.05, 3.63) is 47.2 Å². The number of hydrogen-bond acceptors (Lipinski definition) is 4. The molecule has 19 heavy (non-hydrogen) atoms. The minimum atomic E-state index is 0.658. The van der Waals surface area contributed by atoms with Crippen LogP contribution in [0.25, 0.3) is 0 Å². The maximum atomic E-state index is 5.60. The van der Waals surface area contributed by atoms with Gasteiger partial charge < -0.3 is 9.73 Å². The average molecular weight is 259 g/mol. The van der Waals surface area contributed by atoms with Gasteiger partial charge in [-0.15, -0.1) is 10.2 Å². The minimum absolute atomic E-state index is 0.658. The van der Waals surface area contributed by atoms with Crippen molar-refractivity contribution in [1.29, 1.82) is 0 Å². The molecule has 0 spiro atoms. The van der Waals surface area contributed by atoms with Crippen LogP contribution in [-0.2, 0) is 19.4 Å². The topological polar surface area (TPSA) is 51.0 Å². The zero-order valence-electron chi connectivity index (χ0n) is 11.6. The third kappa shape index (κ3) is 4.48. The molecule has 0 atom stereocenters. The fourth-order valence-electron chi connectivity index (χ4n) is 1.95. The van der Waals surface area contributed by atoms with Crippen molar-refractivity contribution in [3.8, 4) is 0 Å². The highest BCUT2D eigenvalue weighted by Gasteiger charge is 2.05.